The minimum atomic E-state index is 0.0177. The van der Waals surface area contributed by atoms with Gasteiger partial charge in [-0.2, -0.15) is 0 Å². The van der Waals surface area contributed by atoms with Crippen molar-refractivity contribution in [2.24, 2.45) is 0 Å². The summed E-state index contributed by atoms with van der Waals surface area (Å²) < 4.78 is 8.87. The Labute approximate surface area is 100 Å². The van der Waals surface area contributed by atoms with Gasteiger partial charge in [-0.05, 0) is 19.1 Å². The summed E-state index contributed by atoms with van der Waals surface area (Å²) in [5, 5.41) is 0. The lowest BCUT2D eigenvalue weighted by molar-refractivity contribution is 0.296. The molecule has 1 aromatic carbocycles. The summed E-state index contributed by atoms with van der Waals surface area (Å²) in [6, 6.07) is 9.60. The largest absolute Gasteiger partial charge is 0.492 e. The molecule has 0 aliphatic heterocycles. The number of hydrogen-bond acceptors (Lipinski definition) is 2. The predicted octanol–water partition coefficient (Wildman–Crippen LogP) is 1.75. The lowest BCUT2D eigenvalue weighted by atomic mass is 10.3. The molecular weight excluding hydrogens is 216 g/mol. The Kier molecular flexibility index (Phi) is 3.65. The monoisotopic (exact) mass is 232 g/mol. The van der Waals surface area contributed by atoms with Gasteiger partial charge in [-0.3, -0.25) is 9.13 Å². The average Bonchev–Trinajstić information content (AvgIpc) is 2.72. The average molecular weight is 232 g/mol. The third-order valence-corrected chi connectivity index (χ3v) is 2.60. The van der Waals surface area contributed by atoms with Crippen LogP contribution >= 0.6 is 0 Å². The number of hydrogen-bond donors (Lipinski definition) is 0. The molecular formula is C13H16N2O2. The molecule has 1 aromatic heterocycles. The van der Waals surface area contributed by atoms with Crippen molar-refractivity contribution in [3.8, 4) is 5.75 Å². The van der Waals surface area contributed by atoms with Crippen LogP contribution < -0.4 is 10.4 Å². The van der Waals surface area contributed by atoms with Gasteiger partial charge < -0.3 is 4.74 Å². The van der Waals surface area contributed by atoms with Crippen molar-refractivity contribution in [3.05, 3.63) is 53.2 Å². The molecule has 2 aromatic rings. The lowest BCUT2D eigenvalue weighted by Gasteiger charge is -2.05. The first-order chi connectivity index (χ1) is 8.31. The Morgan fingerprint density at radius 2 is 1.82 bits per heavy atom. The van der Waals surface area contributed by atoms with Crippen molar-refractivity contribution < 1.29 is 4.74 Å². The predicted molar refractivity (Wildman–Crippen MR) is 66.3 cm³/mol. The van der Waals surface area contributed by atoms with E-state index in [0.717, 1.165) is 5.75 Å². The van der Waals surface area contributed by atoms with Crippen molar-refractivity contribution in [1.29, 1.82) is 0 Å². The third-order valence-electron chi connectivity index (χ3n) is 2.60. The molecule has 2 rings (SSSR count). The van der Waals surface area contributed by atoms with Crippen LogP contribution in [-0.2, 0) is 13.1 Å². The number of aromatic nitrogens is 2. The lowest BCUT2D eigenvalue weighted by Crippen LogP contribution is -2.25. The second-order valence-corrected chi connectivity index (χ2v) is 3.72. The molecule has 0 fully saturated rings. The van der Waals surface area contributed by atoms with E-state index in [2.05, 4.69) is 0 Å². The maximum atomic E-state index is 11.7. The molecule has 0 radical (unpaired) electrons. The summed E-state index contributed by atoms with van der Waals surface area (Å²) in [6.07, 6.45) is 3.59. The molecule has 17 heavy (non-hydrogen) atoms. The number of aryl methyl sites for hydroxylation is 1. The Balaban J connectivity index is 1.90. The number of para-hydroxylation sites is 1. The molecule has 0 aliphatic rings. The van der Waals surface area contributed by atoms with Crippen LogP contribution in [0, 0.1) is 0 Å². The van der Waals surface area contributed by atoms with Crippen LogP contribution in [0.1, 0.15) is 6.92 Å². The normalized spacial score (nSPS) is 10.4. The highest BCUT2D eigenvalue weighted by Crippen LogP contribution is 2.07. The topological polar surface area (TPSA) is 36.2 Å². The van der Waals surface area contributed by atoms with E-state index in [9.17, 15) is 4.79 Å². The summed E-state index contributed by atoms with van der Waals surface area (Å²) in [4.78, 5) is 11.7. The molecule has 0 N–H and O–H groups in total. The van der Waals surface area contributed by atoms with Crippen LogP contribution in [0.4, 0.5) is 0 Å². The van der Waals surface area contributed by atoms with Gasteiger partial charge in [0.05, 0.1) is 6.54 Å². The fraction of sp³-hybridized carbons (Fsp3) is 0.308. The molecule has 1 heterocycles. The first kappa shape index (κ1) is 11.5. The molecule has 4 nitrogen and oxygen atoms in total. The van der Waals surface area contributed by atoms with Gasteiger partial charge >= 0.3 is 5.69 Å². The van der Waals surface area contributed by atoms with Crippen LogP contribution in [-0.4, -0.2) is 15.7 Å². The fourth-order valence-corrected chi connectivity index (χ4v) is 1.64. The third kappa shape index (κ3) is 2.78. The molecule has 0 spiro atoms. The molecule has 0 saturated heterocycles. The van der Waals surface area contributed by atoms with Gasteiger partial charge in [0.2, 0.25) is 0 Å². The standard InChI is InChI=1S/C13H16N2O2/c1-2-14-8-9-15(13(14)16)10-11-17-12-6-4-3-5-7-12/h3-9H,2,10-11H2,1H3. The molecule has 90 valence electrons. The van der Waals surface area contributed by atoms with E-state index < -0.39 is 0 Å². The van der Waals surface area contributed by atoms with Crippen LogP contribution in [0.3, 0.4) is 0 Å². The van der Waals surface area contributed by atoms with Crippen molar-refractivity contribution in [1.82, 2.24) is 9.13 Å². The molecule has 0 atom stereocenters. The van der Waals surface area contributed by atoms with Gasteiger partial charge in [-0.1, -0.05) is 18.2 Å². The van der Waals surface area contributed by atoms with E-state index >= 15 is 0 Å². The van der Waals surface area contributed by atoms with Gasteiger partial charge in [-0.15, -0.1) is 0 Å². The Morgan fingerprint density at radius 1 is 1.12 bits per heavy atom. The molecule has 0 bridgehead atoms. The Morgan fingerprint density at radius 3 is 2.47 bits per heavy atom. The SMILES string of the molecule is CCn1ccn(CCOc2ccccc2)c1=O. The summed E-state index contributed by atoms with van der Waals surface area (Å²) in [5.74, 6) is 0.829. The summed E-state index contributed by atoms with van der Waals surface area (Å²) >= 11 is 0. The second kappa shape index (κ2) is 5.39. The zero-order valence-corrected chi connectivity index (χ0v) is 9.87. The van der Waals surface area contributed by atoms with Crippen LogP contribution in [0.25, 0.3) is 0 Å². The van der Waals surface area contributed by atoms with Crippen LogP contribution in [0.15, 0.2) is 47.5 Å². The highest BCUT2D eigenvalue weighted by atomic mass is 16.5. The van der Waals surface area contributed by atoms with E-state index in [1.165, 1.54) is 0 Å². The number of nitrogens with zero attached hydrogens (tertiary/aromatic N) is 2. The Hall–Kier alpha value is -1.97. The zero-order valence-electron chi connectivity index (χ0n) is 9.87. The van der Waals surface area contributed by atoms with Crippen molar-refractivity contribution in [2.45, 2.75) is 20.0 Å². The van der Waals surface area contributed by atoms with Gasteiger partial charge in [0.1, 0.15) is 12.4 Å². The van der Waals surface area contributed by atoms with Gasteiger partial charge in [0, 0.05) is 18.9 Å². The van der Waals surface area contributed by atoms with Gasteiger partial charge in [-0.25, -0.2) is 4.79 Å². The molecule has 4 heteroatoms. The highest BCUT2D eigenvalue weighted by molar-refractivity contribution is 5.20. The second-order valence-electron chi connectivity index (χ2n) is 3.72. The maximum Gasteiger partial charge on any atom is 0.328 e. The smallest absolute Gasteiger partial charge is 0.328 e. The number of rotatable bonds is 5. The molecule has 0 unspecified atom stereocenters. The van der Waals surface area contributed by atoms with Crippen LogP contribution in [0.5, 0.6) is 5.75 Å². The van der Waals surface area contributed by atoms with Crippen LogP contribution in [0.2, 0.25) is 0 Å². The van der Waals surface area contributed by atoms with E-state index in [-0.39, 0.29) is 5.69 Å². The minimum absolute atomic E-state index is 0.0177. The van der Waals surface area contributed by atoms with Gasteiger partial charge in [0.15, 0.2) is 0 Å². The fourth-order valence-electron chi connectivity index (χ4n) is 1.64. The quantitative estimate of drug-likeness (QED) is 0.787. The van der Waals surface area contributed by atoms with E-state index in [1.807, 2.05) is 37.3 Å². The summed E-state index contributed by atoms with van der Waals surface area (Å²) in [5.41, 5.74) is 0.0177. The molecule has 0 aliphatic carbocycles. The van der Waals surface area contributed by atoms with Crippen molar-refractivity contribution in [2.75, 3.05) is 6.61 Å². The highest BCUT2D eigenvalue weighted by Gasteiger charge is 2.01. The molecule has 0 saturated carbocycles. The van der Waals surface area contributed by atoms with E-state index in [1.54, 1.807) is 21.5 Å². The minimum Gasteiger partial charge on any atom is -0.492 e. The Bertz CT molecular complexity index is 514. The number of benzene rings is 1. The van der Waals surface area contributed by atoms with E-state index in [0.29, 0.717) is 19.7 Å². The maximum absolute atomic E-state index is 11.7. The summed E-state index contributed by atoms with van der Waals surface area (Å²) in [7, 11) is 0. The number of ether oxygens (including phenoxy) is 1. The first-order valence-electron chi connectivity index (χ1n) is 5.74. The molecule has 0 amide bonds. The summed E-state index contributed by atoms with van der Waals surface area (Å²) in [6.45, 7) is 3.72. The van der Waals surface area contributed by atoms with E-state index in [4.69, 9.17) is 4.74 Å². The van der Waals surface area contributed by atoms with Gasteiger partial charge in [0.25, 0.3) is 0 Å². The van der Waals surface area contributed by atoms with Crippen molar-refractivity contribution in [3.63, 3.8) is 0 Å². The van der Waals surface area contributed by atoms with Crippen molar-refractivity contribution >= 4 is 0 Å². The number of imidazole rings is 1. The first-order valence-corrected chi connectivity index (χ1v) is 5.74. The zero-order chi connectivity index (χ0) is 12.1.